The van der Waals surface area contributed by atoms with Crippen LogP contribution in [0.5, 0.6) is 5.75 Å². The van der Waals surface area contributed by atoms with E-state index in [2.05, 4.69) is 10.2 Å². The molecule has 0 spiro atoms. The summed E-state index contributed by atoms with van der Waals surface area (Å²) in [5, 5.41) is 8.33. The van der Waals surface area contributed by atoms with E-state index in [-0.39, 0.29) is 6.61 Å². The molecule has 0 saturated carbocycles. The molecule has 1 aromatic heterocycles. The molecule has 0 bridgehead atoms. The smallest absolute Gasteiger partial charge is 0.255 e. The molecule has 1 atom stereocenters. The highest BCUT2D eigenvalue weighted by Gasteiger charge is 2.26. The van der Waals surface area contributed by atoms with Crippen LogP contribution in [0.2, 0.25) is 0 Å². The Balaban J connectivity index is 1.92. The van der Waals surface area contributed by atoms with Crippen LogP contribution in [-0.2, 0) is 4.79 Å². The second-order valence-corrected chi connectivity index (χ2v) is 6.16. The van der Waals surface area contributed by atoms with Gasteiger partial charge in [0.05, 0.1) is 11.4 Å². The number of fused-ring (bicyclic) bond motifs is 3. The zero-order valence-electron chi connectivity index (χ0n) is 14.7. The highest BCUT2D eigenvalue weighted by atomic mass is 16.5. The molecule has 2 heterocycles. The first-order valence-corrected chi connectivity index (χ1v) is 8.41. The van der Waals surface area contributed by atoms with Crippen molar-refractivity contribution < 1.29 is 9.53 Å². The number of ether oxygens (including phenoxy) is 1. The Bertz CT molecular complexity index is 1040. The Morgan fingerprint density at radius 1 is 1.19 bits per heavy atom. The number of aromatic nitrogens is 3. The van der Waals surface area contributed by atoms with Gasteiger partial charge < -0.3 is 16.2 Å². The Morgan fingerprint density at radius 2 is 1.96 bits per heavy atom. The number of nitrogens with zero attached hydrogens (tertiary/aromatic N) is 4. The Morgan fingerprint density at radius 3 is 2.70 bits per heavy atom. The number of primary amides is 1. The molecule has 8 heteroatoms. The van der Waals surface area contributed by atoms with Crippen molar-refractivity contribution >= 4 is 11.6 Å². The minimum atomic E-state index is -0.663. The lowest BCUT2D eigenvalue weighted by Crippen LogP contribution is -2.20. The molecule has 2 aromatic carbocycles. The van der Waals surface area contributed by atoms with Crippen molar-refractivity contribution in [1.29, 1.82) is 0 Å². The molecule has 1 aliphatic heterocycles. The van der Waals surface area contributed by atoms with Gasteiger partial charge in [0, 0.05) is 17.2 Å². The zero-order valence-corrected chi connectivity index (χ0v) is 14.7. The normalized spacial score (nSPS) is 15.3. The van der Waals surface area contributed by atoms with Crippen molar-refractivity contribution in [3.63, 3.8) is 0 Å². The number of aryl methyl sites for hydroxylation is 1. The zero-order chi connectivity index (χ0) is 19.0. The van der Waals surface area contributed by atoms with Crippen molar-refractivity contribution in [3.05, 3.63) is 71.3 Å². The summed E-state index contributed by atoms with van der Waals surface area (Å²) < 4.78 is 7.33. The molecule has 1 aliphatic rings. The monoisotopic (exact) mass is 362 g/mol. The topological polar surface area (TPSA) is 121 Å². The van der Waals surface area contributed by atoms with Crippen molar-refractivity contribution in [2.75, 3.05) is 6.61 Å². The summed E-state index contributed by atoms with van der Waals surface area (Å²) in [6.45, 7) is 1.64. The van der Waals surface area contributed by atoms with Crippen LogP contribution in [0.25, 0.3) is 5.69 Å². The third-order valence-corrected chi connectivity index (χ3v) is 4.28. The van der Waals surface area contributed by atoms with E-state index >= 15 is 0 Å². The molecule has 8 nitrogen and oxygen atoms in total. The predicted molar refractivity (Wildman–Crippen MR) is 99.8 cm³/mol. The molecule has 3 aromatic rings. The van der Waals surface area contributed by atoms with Gasteiger partial charge in [-0.2, -0.15) is 0 Å². The minimum absolute atomic E-state index is 0.202. The average Bonchev–Trinajstić information content (AvgIpc) is 3.00. The van der Waals surface area contributed by atoms with E-state index in [1.165, 1.54) is 0 Å². The van der Waals surface area contributed by atoms with Gasteiger partial charge in [-0.25, -0.2) is 0 Å². The van der Waals surface area contributed by atoms with E-state index in [4.69, 9.17) is 21.2 Å². The van der Waals surface area contributed by atoms with Crippen molar-refractivity contribution in [2.24, 2.45) is 16.5 Å². The molecule has 0 aliphatic carbocycles. The van der Waals surface area contributed by atoms with Gasteiger partial charge in [0.2, 0.25) is 0 Å². The van der Waals surface area contributed by atoms with Gasteiger partial charge in [-0.3, -0.25) is 14.4 Å². The molecule has 4 N–H and O–H groups in total. The van der Waals surface area contributed by atoms with E-state index in [1.54, 1.807) is 6.07 Å². The molecule has 0 fully saturated rings. The summed E-state index contributed by atoms with van der Waals surface area (Å²) >= 11 is 0. The molecule has 27 heavy (non-hydrogen) atoms. The number of amides is 1. The summed E-state index contributed by atoms with van der Waals surface area (Å²) in [6.07, 6.45) is -0.663. The summed E-state index contributed by atoms with van der Waals surface area (Å²) in [6, 6.07) is 15.3. The van der Waals surface area contributed by atoms with Gasteiger partial charge in [0.25, 0.3) is 5.91 Å². The van der Waals surface area contributed by atoms with Crippen LogP contribution < -0.4 is 16.2 Å². The number of carbonyl (C=O) groups excluding carboxylic acids is 1. The number of hydrogen-bond donors (Lipinski definition) is 2. The lowest BCUT2D eigenvalue weighted by Gasteiger charge is -2.14. The quantitative estimate of drug-likeness (QED) is 0.723. The lowest BCUT2D eigenvalue weighted by atomic mass is 10.00. The third-order valence-electron chi connectivity index (χ3n) is 4.28. The SMILES string of the molecule is Cc1nnc2n1-c1cc(OCC(N)=O)ccc1C(c1ccccc1)=NC2N. The molecule has 1 amide bonds. The van der Waals surface area contributed by atoms with E-state index in [1.807, 2.05) is 54.0 Å². The van der Waals surface area contributed by atoms with Gasteiger partial charge in [-0.05, 0) is 19.1 Å². The van der Waals surface area contributed by atoms with E-state index in [0.29, 0.717) is 17.4 Å². The van der Waals surface area contributed by atoms with Crippen LogP contribution in [0, 0.1) is 6.92 Å². The largest absolute Gasteiger partial charge is 0.484 e. The van der Waals surface area contributed by atoms with Crippen LogP contribution >= 0.6 is 0 Å². The summed E-state index contributed by atoms with van der Waals surface area (Å²) in [7, 11) is 0. The molecule has 136 valence electrons. The van der Waals surface area contributed by atoms with Gasteiger partial charge >= 0.3 is 0 Å². The number of aliphatic imine (C=N–C) groups is 1. The van der Waals surface area contributed by atoms with E-state index in [0.717, 1.165) is 22.5 Å². The first kappa shape index (κ1) is 16.9. The minimum Gasteiger partial charge on any atom is -0.484 e. The molecule has 1 unspecified atom stereocenters. The number of hydrogen-bond acceptors (Lipinski definition) is 6. The molecule has 0 saturated heterocycles. The van der Waals surface area contributed by atoms with Crippen LogP contribution in [-0.4, -0.2) is 33.0 Å². The number of benzene rings is 2. The molecular formula is C19H18N6O2. The van der Waals surface area contributed by atoms with Crippen LogP contribution in [0.3, 0.4) is 0 Å². The van der Waals surface area contributed by atoms with Gasteiger partial charge in [-0.1, -0.05) is 30.3 Å². The van der Waals surface area contributed by atoms with Gasteiger partial charge in [0.1, 0.15) is 11.6 Å². The molecule has 0 radical (unpaired) electrons. The van der Waals surface area contributed by atoms with Crippen molar-refractivity contribution in [3.8, 4) is 11.4 Å². The van der Waals surface area contributed by atoms with Crippen LogP contribution in [0.15, 0.2) is 53.5 Å². The number of rotatable bonds is 4. The van der Waals surface area contributed by atoms with Crippen molar-refractivity contribution in [1.82, 2.24) is 14.8 Å². The maximum absolute atomic E-state index is 11.0. The number of nitrogens with two attached hydrogens (primary N) is 2. The highest BCUT2D eigenvalue weighted by Crippen LogP contribution is 2.31. The first-order chi connectivity index (χ1) is 13.0. The Labute approximate surface area is 155 Å². The fourth-order valence-corrected chi connectivity index (χ4v) is 3.10. The lowest BCUT2D eigenvalue weighted by molar-refractivity contribution is -0.119. The van der Waals surface area contributed by atoms with Gasteiger partial charge in [-0.15, -0.1) is 10.2 Å². The van der Waals surface area contributed by atoms with Gasteiger partial charge in [0.15, 0.2) is 18.6 Å². The molecular weight excluding hydrogens is 344 g/mol. The highest BCUT2D eigenvalue weighted by molar-refractivity contribution is 6.15. The standard InChI is InChI=1S/C19H18N6O2/c1-11-23-24-19-18(21)22-17(12-5-3-2-4-6-12)14-8-7-13(27-10-16(20)26)9-15(14)25(11)19/h2-9,18H,10,21H2,1H3,(H2,20,26). The fourth-order valence-electron chi connectivity index (χ4n) is 3.10. The molecule has 4 rings (SSSR count). The van der Waals surface area contributed by atoms with Crippen LogP contribution in [0.1, 0.15) is 28.9 Å². The maximum Gasteiger partial charge on any atom is 0.255 e. The maximum atomic E-state index is 11.0. The van der Waals surface area contributed by atoms with E-state index in [9.17, 15) is 4.79 Å². The van der Waals surface area contributed by atoms with Crippen LogP contribution in [0.4, 0.5) is 0 Å². The summed E-state index contributed by atoms with van der Waals surface area (Å²) in [4.78, 5) is 15.7. The first-order valence-electron chi connectivity index (χ1n) is 8.41. The number of carbonyl (C=O) groups is 1. The Kier molecular flexibility index (Phi) is 4.17. The summed E-state index contributed by atoms with van der Waals surface area (Å²) in [5.41, 5.74) is 14.8. The Hall–Kier alpha value is -3.52. The van der Waals surface area contributed by atoms with E-state index < -0.39 is 12.1 Å². The summed E-state index contributed by atoms with van der Waals surface area (Å²) in [5.74, 6) is 1.18. The average molecular weight is 362 g/mol. The second kappa shape index (κ2) is 6.65. The third kappa shape index (κ3) is 3.06. The predicted octanol–water partition coefficient (Wildman–Crippen LogP) is 1.25. The van der Waals surface area contributed by atoms with Crippen molar-refractivity contribution in [2.45, 2.75) is 13.1 Å². The second-order valence-electron chi connectivity index (χ2n) is 6.16. The fraction of sp³-hybridized carbons (Fsp3) is 0.158.